The molecular weight excluding hydrogens is 264 g/mol. The quantitative estimate of drug-likeness (QED) is 0.809. The molecule has 0 radical (unpaired) electrons. The smallest absolute Gasteiger partial charge is 0.341 e. The lowest BCUT2D eigenvalue weighted by Gasteiger charge is -2.14. The van der Waals surface area contributed by atoms with Gasteiger partial charge in [-0.2, -0.15) is 0 Å². The van der Waals surface area contributed by atoms with Crippen molar-refractivity contribution in [2.75, 3.05) is 25.6 Å². The molecule has 0 fully saturated rings. The largest absolute Gasteiger partial charge is 0.462 e. The van der Waals surface area contributed by atoms with Crippen LogP contribution in [0.25, 0.3) is 10.9 Å². The third-order valence-corrected chi connectivity index (χ3v) is 3.20. The monoisotopic (exact) mass is 278 g/mol. The van der Waals surface area contributed by atoms with Crippen molar-refractivity contribution in [1.29, 1.82) is 0 Å². The number of aromatic nitrogens is 1. The van der Waals surface area contributed by atoms with Crippen LogP contribution in [-0.2, 0) is 4.74 Å². The van der Waals surface area contributed by atoms with Crippen LogP contribution in [-0.4, -0.2) is 31.7 Å². The van der Waals surface area contributed by atoms with E-state index in [0.717, 1.165) is 16.6 Å². The van der Waals surface area contributed by atoms with Crippen LogP contribution in [0.1, 0.15) is 17.3 Å². The summed E-state index contributed by atoms with van der Waals surface area (Å²) in [6.45, 7) is 2.06. The number of ether oxygens (including phenoxy) is 1. The van der Waals surface area contributed by atoms with E-state index in [0.29, 0.717) is 17.2 Å². The maximum absolute atomic E-state index is 11.8. The highest BCUT2D eigenvalue weighted by Gasteiger charge is 2.15. The fraction of sp³-hybridized carbons (Fsp3) is 0.286. The average Bonchev–Trinajstić information content (AvgIpc) is 2.39. The molecule has 1 aromatic heterocycles. The van der Waals surface area contributed by atoms with Gasteiger partial charge in [0.15, 0.2) is 0 Å². The number of anilines is 1. The van der Waals surface area contributed by atoms with E-state index in [1.54, 1.807) is 6.92 Å². The number of nitrogens with zero attached hydrogens (tertiary/aromatic N) is 2. The topological polar surface area (TPSA) is 42.4 Å². The highest BCUT2D eigenvalue weighted by Crippen LogP contribution is 2.29. The van der Waals surface area contributed by atoms with E-state index in [9.17, 15) is 4.79 Å². The van der Waals surface area contributed by atoms with Crippen LogP contribution in [0, 0.1) is 0 Å². The average molecular weight is 279 g/mol. The molecule has 0 aliphatic rings. The first kappa shape index (κ1) is 13.6. The van der Waals surface area contributed by atoms with E-state index < -0.39 is 5.97 Å². The number of carbonyl (C=O) groups excluding carboxylic acids is 1. The summed E-state index contributed by atoms with van der Waals surface area (Å²) in [5, 5.41) is 1.13. The Hall–Kier alpha value is -1.81. The number of carbonyl (C=O) groups is 1. The Bertz CT molecular complexity index is 626. The second-order valence-electron chi connectivity index (χ2n) is 4.30. The van der Waals surface area contributed by atoms with Crippen molar-refractivity contribution in [2.24, 2.45) is 0 Å². The first-order chi connectivity index (χ1) is 9.04. The van der Waals surface area contributed by atoms with Gasteiger partial charge in [0.1, 0.15) is 0 Å². The minimum absolute atomic E-state index is 0.298. The highest BCUT2D eigenvalue weighted by atomic mass is 35.5. The van der Waals surface area contributed by atoms with Gasteiger partial charge in [-0.25, -0.2) is 4.79 Å². The molecule has 1 heterocycles. The van der Waals surface area contributed by atoms with Crippen molar-refractivity contribution in [1.82, 2.24) is 4.98 Å². The lowest BCUT2D eigenvalue weighted by molar-refractivity contribution is 0.0526. The van der Waals surface area contributed by atoms with Crippen molar-refractivity contribution in [3.05, 3.63) is 35.0 Å². The molecule has 0 saturated heterocycles. The molecule has 0 unspecified atom stereocenters. The minimum atomic E-state index is -0.447. The number of rotatable bonds is 3. The summed E-state index contributed by atoms with van der Waals surface area (Å²) in [7, 11) is 3.88. The number of hydrogen-bond acceptors (Lipinski definition) is 4. The van der Waals surface area contributed by atoms with Crippen LogP contribution in [0.5, 0.6) is 0 Å². The van der Waals surface area contributed by atoms with Crippen molar-refractivity contribution in [3.8, 4) is 0 Å². The van der Waals surface area contributed by atoms with Gasteiger partial charge in [0.2, 0.25) is 0 Å². The van der Waals surface area contributed by atoms with Crippen LogP contribution < -0.4 is 4.90 Å². The van der Waals surface area contributed by atoms with Crippen LogP contribution >= 0.6 is 11.6 Å². The lowest BCUT2D eigenvalue weighted by atomic mass is 10.1. The Morgan fingerprint density at radius 1 is 1.42 bits per heavy atom. The van der Waals surface area contributed by atoms with Gasteiger partial charge in [0.25, 0.3) is 0 Å². The first-order valence-corrected chi connectivity index (χ1v) is 6.35. The molecule has 4 nitrogen and oxygen atoms in total. The van der Waals surface area contributed by atoms with Crippen LogP contribution in [0.2, 0.25) is 5.02 Å². The normalized spacial score (nSPS) is 10.5. The number of pyridine rings is 1. The van der Waals surface area contributed by atoms with Crippen LogP contribution in [0.3, 0.4) is 0 Å². The summed E-state index contributed by atoms with van der Waals surface area (Å²) in [6, 6.07) is 5.74. The Balaban J connectivity index is 2.58. The predicted octanol–water partition coefficient (Wildman–Crippen LogP) is 3.13. The SMILES string of the molecule is CCOC(=O)c1cnc2ccc(N(C)C)cc2c1Cl. The van der Waals surface area contributed by atoms with Crippen molar-refractivity contribution in [2.45, 2.75) is 6.92 Å². The molecule has 0 aliphatic carbocycles. The highest BCUT2D eigenvalue weighted by molar-refractivity contribution is 6.38. The predicted molar refractivity (Wildman–Crippen MR) is 77.0 cm³/mol. The zero-order valence-electron chi connectivity index (χ0n) is 11.1. The number of fused-ring (bicyclic) bond motifs is 1. The summed E-state index contributed by atoms with van der Waals surface area (Å²) < 4.78 is 4.96. The van der Waals surface area contributed by atoms with Gasteiger partial charge in [-0.05, 0) is 25.1 Å². The number of halogens is 1. The van der Waals surface area contributed by atoms with Crippen molar-refractivity contribution < 1.29 is 9.53 Å². The molecule has 0 saturated carbocycles. The molecule has 2 rings (SSSR count). The molecule has 0 aliphatic heterocycles. The molecule has 0 bridgehead atoms. The van der Waals surface area contributed by atoms with Gasteiger partial charge < -0.3 is 9.64 Å². The fourth-order valence-electron chi connectivity index (χ4n) is 1.78. The van der Waals surface area contributed by atoms with E-state index in [1.165, 1.54) is 6.20 Å². The van der Waals surface area contributed by atoms with Gasteiger partial charge >= 0.3 is 5.97 Å². The molecule has 100 valence electrons. The van der Waals surface area contributed by atoms with Gasteiger partial charge in [-0.1, -0.05) is 11.6 Å². The third-order valence-electron chi connectivity index (χ3n) is 2.80. The van der Waals surface area contributed by atoms with E-state index >= 15 is 0 Å². The maximum atomic E-state index is 11.8. The standard InChI is InChI=1S/C14H15ClN2O2/c1-4-19-14(18)11-8-16-12-6-5-9(17(2)3)7-10(12)13(11)15/h5-8H,4H2,1-3H3. The maximum Gasteiger partial charge on any atom is 0.341 e. The van der Waals surface area contributed by atoms with Gasteiger partial charge in [0.05, 0.1) is 22.7 Å². The molecule has 0 atom stereocenters. The Morgan fingerprint density at radius 3 is 2.79 bits per heavy atom. The zero-order chi connectivity index (χ0) is 14.0. The molecule has 0 amide bonds. The lowest BCUT2D eigenvalue weighted by Crippen LogP contribution is -2.09. The Kier molecular flexibility index (Phi) is 3.90. The van der Waals surface area contributed by atoms with E-state index in [4.69, 9.17) is 16.3 Å². The summed E-state index contributed by atoms with van der Waals surface area (Å²) in [4.78, 5) is 18.0. The van der Waals surface area contributed by atoms with Crippen LogP contribution in [0.4, 0.5) is 5.69 Å². The molecular formula is C14H15ClN2O2. The van der Waals surface area contributed by atoms with E-state index in [1.807, 2.05) is 37.2 Å². The minimum Gasteiger partial charge on any atom is -0.462 e. The number of esters is 1. The molecule has 1 aromatic carbocycles. The zero-order valence-corrected chi connectivity index (χ0v) is 11.9. The summed E-state index contributed by atoms with van der Waals surface area (Å²) in [6.07, 6.45) is 1.46. The van der Waals surface area contributed by atoms with Crippen molar-refractivity contribution in [3.63, 3.8) is 0 Å². The van der Waals surface area contributed by atoms with Crippen molar-refractivity contribution >= 4 is 34.2 Å². The summed E-state index contributed by atoms with van der Waals surface area (Å²) >= 11 is 6.29. The van der Waals surface area contributed by atoms with E-state index in [-0.39, 0.29) is 0 Å². The van der Waals surface area contributed by atoms with Gasteiger partial charge in [-0.15, -0.1) is 0 Å². The molecule has 0 N–H and O–H groups in total. The molecule has 5 heteroatoms. The Morgan fingerprint density at radius 2 is 2.16 bits per heavy atom. The number of hydrogen-bond donors (Lipinski definition) is 0. The van der Waals surface area contributed by atoms with Gasteiger partial charge in [-0.3, -0.25) is 4.98 Å². The molecule has 0 spiro atoms. The Labute approximate surface area is 116 Å². The molecule has 2 aromatic rings. The molecule has 19 heavy (non-hydrogen) atoms. The fourth-order valence-corrected chi connectivity index (χ4v) is 2.05. The first-order valence-electron chi connectivity index (χ1n) is 5.97. The van der Waals surface area contributed by atoms with Gasteiger partial charge in [0, 0.05) is 31.4 Å². The van der Waals surface area contributed by atoms with Crippen LogP contribution in [0.15, 0.2) is 24.4 Å². The third kappa shape index (κ3) is 2.63. The number of benzene rings is 1. The second-order valence-corrected chi connectivity index (χ2v) is 4.68. The summed E-state index contributed by atoms with van der Waals surface area (Å²) in [5.74, 6) is -0.447. The van der Waals surface area contributed by atoms with E-state index in [2.05, 4.69) is 4.98 Å². The second kappa shape index (κ2) is 5.45. The summed E-state index contributed by atoms with van der Waals surface area (Å²) in [5.41, 5.74) is 2.05.